The van der Waals surface area contributed by atoms with Crippen molar-refractivity contribution in [3.63, 3.8) is 0 Å². The molecule has 2 N–H and O–H groups in total. The molecule has 12 heavy (non-hydrogen) atoms. The van der Waals surface area contributed by atoms with Gasteiger partial charge in [0.15, 0.2) is 0 Å². The highest BCUT2D eigenvalue weighted by atomic mass is 32.1. The van der Waals surface area contributed by atoms with Crippen LogP contribution in [0.25, 0.3) is 0 Å². The van der Waals surface area contributed by atoms with Crippen molar-refractivity contribution in [3.8, 4) is 0 Å². The van der Waals surface area contributed by atoms with Crippen molar-refractivity contribution in [1.82, 2.24) is 0 Å². The number of benzene rings is 1. The third-order valence-corrected chi connectivity index (χ3v) is 1.94. The largest absolute Gasteiger partial charge is 0.365 e. The molecular formula is C9H9NOS. The molecule has 2 nitrogen and oxygen atoms in total. The molecule has 0 unspecified atom stereocenters. The first-order chi connectivity index (χ1) is 5.61. The van der Waals surface area contributed by atoms with E-state index >= 15 is 0 Å². The van der Waals surface area contributed by atoms with E-state index in [-0.39, 0.29) is 4.86 Å². The number of nitrogens with two attached hydrogens (primary N) is 1. The molecule has 0 spiro atoms. The molecule has 0 aromatic heterocycles. The van der Waals surface area contributed by atoms with E-state index in [1.807, 2.05) is 25.1 Å². The Hall–Kier alpha value is -1.22. The van der Waals surface area contributed by atoms with E-state index in [0.29, 0.717) is 0 Å². The number of aryl methyl sites for hydroxylation is 1. The molecule has 0 aliphatic rings. The molecule has 0 fully saturated rings. The summed E-state index contributed by atoms with van der Waals surface area (Å²) in [4.78, 5) is 10.9. The fraction of sp³-hybridized carbons (Fsp3) is 0.111. The van der Waals surface area contributed by atoms with Gasteiger partial charge in [0.25, 0.3) is 5.91 Å². The maximum absolute atomic E-state index is 10.7. The third-order valence-electron chi connectivity index (χ3n) is 1.50. The minimum atomic E-state index is -0.546. The lowest BCUT2D eigenvalue weighted by Crippen LogP contribution is -2.21. The summed E-state index contributed by atoms with van der Waals surface area (Å²) >= 11 is 4.83. The standard InChI is InChI=1S/C9H9NOS/c1-6-3-2-4-7(5-6)8(12)9(10)11/h2-5H,1H3,(H2,10,11). The maximum Gasteiger partial charge on any atom is 0.260 e. The van der Waals surface area contributed by atoms with Gasteiger partial charge in [-0.05, 0) is 12.5 Å². The summed E-state index contributed by atoms with van der Waals surface area (Å²) in [7, 11) is 0. The van der Waals surface area contributed by atoms with Crippen molar-refractivity contribution in [2.45, 2.75) is 6.92 Å². The van der Waals surface area contributed by atoms with Gasteiger partial charge < -0.3 is 5.73 Å². The van der Waals surface area contributed by atoms with Crippen LogP contribution < -0.4 is 5.73 Å². The van der Waals surface area contributed by atoms with E-state index in [0.717, 1.165) is 11.1 Å². The summed E-state index contributed by atoms with van der Waals surface area (Å²) in [5.74, 6) is -0.546. The Kier molecular flexibility index (Phi) is 2.55. The number of hydrogen-bond acceptors (Lipinski definition) is 2. The summed E-state index contributed by atoms with van der Waals surface area (Å²) in [6.07, 6.45) is 0. The summed E-state index contributed by atoms with van der Waals surface area (Å²) in [6, 6.07) is 7.40. The van der Waals surface area contributed by atoms with Crippen molar-refractivity contribution >= 4 is 23.0 Å². The molecule has 0 aliphatic heterocycles. The molecule has 0 heterocycles. The van der Waals surface area contributed by atoms with Gasteiger partial charge >= 0.3 is 0 Å². The lowest BCUT2D eigenvalue weighted by Gasteiger charge is -1.99. The molecular weight excluding hydrogens is 170 g/mol. The van der Waals surface area contributed by atoms with Crippen molar-refractivity contribution < 1.29 is 4.79 Å². The first kappa shape index (κ1) is 8.87. The molecule has 0 atom stereocenters. The van der Waals surface area contributed by atoms with Crippen molar-refractivity contribution in [3.05, 3.63) is 35.4 Å². The SMILES string of the molecule is Cc1cccc(C(=S)C(N)=O)c1. The zero-order chi connectivity index (χ0) is 9.14. The number of amides is 1. The van der Waals surface area contributed by atoms with Crippen LogP contribution in [0.2, 0.25) is 0 Å². The molecule has 1 amide bonds. The van der Waals surface area contributed by atoms with Crippen LogP contribution in [0, 0.1) is 6.92 Å². The number of carbonyl (C=O) groups is 1. The zero-order valence-corrected chi connectivity index (χ0v) is 7.52. The normalized spacial score (nSPS) is 9.42. The molecule has 0 aliphatic carbocycles. The van der Waals surface area contributed by atoms with Crippen LogP contribution in [0.15, 0.2) is 24.3 Å². The van der Waals surface area contributed by atoms with Crippen molar-refractivity contribution in [2.24, 2.45) is 5.73 Å². The molecule has 0 saturated heterocycles. The zero-order valence-electron chi connectivity index (χ0n) is 6.70. The topological polar surface area (TPSA) is 43.1 Å². The highest BCUT2D eigenvalue weighted by Crippen LogP contribution is 2.05. The fourth-order valence-electron chi connectivity index (χ4n) is 0.929. The first-order valence-corrected chi connectivity index (χ1v) is 3.93. The summed E-state index contributed by atoms with van der Waals surface area (Å²) in [6.45, 7) is 1.94. The minimum absolute atomic E-state index is 0.193. The fourth-order valence-corrected chi connectivity index (χ4v) is 1.06. The molecule has 0 bridgehead atoms. The maximum atomic E-state index is 10.7. The Morgan fingerprint density at radius 3 is 2.67 bits per heavy atom. The quantitative estimate of drug-likeness (QED) is 0.547. The first-order valence-electron chi connectivity index (χ1n) is 3.52. The molecule has 62 valence electrons. The smallest absolute Gasteiger partial charge is 0.260 e. The number of carbonyl (C=O) groups excluding carboxylic acids is 1. The van der Waals surface area contributed by atoms with E-state index < -0.39 is 5.91 Å². The summed E-state index contributed by atoms with van der Waals surface area (Å²) in [5, 5.41) is 0. The van der Waals surface area contributed by atoms with Crippen LogP contribution in [-0.2, 0) is 4.79 Å². The van der Waals surface area contributed by atoms with Gasteiger partial charge in [-0.25, -0.2) is 0 Å². The van der Waals surface area contributed by atoms with Crippen LogP contribution in [-0.4, -0.2) is 10.8 Å². The predicted octanol–water partition coefficient (Wildman–Crippen LogP) is 1.20. The van der Waals surface area contributed by atoms with E-state index in [9.17, 15) is 4.79 Å². The van der Waals surface area contributed by atoms with Crippen LogP contribution in [0.5, 0.6) is 0 Å². The molecule has 3 heteroatoms. The number of hydrogen-bond donors (Lipinski definition) is 1. The summed E-state index contributed by atoms with van der Waals surface area (Å²) in [5.41, 5.74) is 6.82. The van der Waals surface area contributed by atoms with Crippen molar-refractivity contribution in [1.29, 1.82) is 0 Å². The van der Waals surface area contributed by atoms with Gasteiger partial charge in [0.2, 0.25) is 0 Å². The monoisotopic (exact) mass is 179 g/mol. The predicted molar refractivity (Wildman–Crippen MR) is 52.1 cm³/mol. The average molecular weight is 179 g/mol. The Morgan fingerprint density at radius 1 is 1.50 bits per heavy atom. The van der Waals surface area contributed by atoms with E-state index in [4.69, 9.17) is 18.0 Å². The highest BCUT2D eigenvalue weighted by Gasteiger charge is 2.06. The Morgan fingerprint density at radius 2 is 2.17 bits per heavy atom. The lowest BCUT2D eigenvalue weighted by atomic mass is 10.1. The third kappa shape index (κ3) is 1.89. The van der Waals surface area contributed by atoms with Gasteiger partial charge in [0.1, 0.15) is 4.86 Å². The van der Waals surface area contributed by atoms with Gasteiger partial charge in [-0.3, -0.25) is 4.79 Å². The van der Waals surface area contributed by atoms with Crippen LogP contribution in [0.3, 0.4) is 0 Å². The number of thiocarbonyl (C=S) groups is 1. The molecule has 1 rings (SSSR count). The van der Waals surface area contributed by atoms with Gasteiger partial charge in [-0.15, -0.1) is 0 Å². The van der Waals surface area contributed by atoms with Crippen molar-refractivity contribution in [2.75, 3.05) is 0 Å². The summed E-state index contributed by atoms with van der Waals surface area (Å²) < 4.78 is 0. The molecule has 0 saturated carbocycles. The van der Waals surface area contributed by atoms with Gasteiger partial charge in [0.05, 0.1) is 0 Å². The second-order valence-corrected chi connectivity index (χ2v) is 2.97. The Bertz CT molecular complexity index is 333. The lowest BCUT2D eigenvalue weighted by molar-refractivity contribution is -0.111. The Labute approximate surface area is 76.4 Å². The average Bonchev–Trinajstić information content (AvgIpc) is 2.03. The van der Waals surface area contributed by atoms with Crippen LogP contribution in [0.4, 0.5) is 0 Å². The van der Waals surface area contributed by atoms with Crippen LogP contribution in [0.1, 0.15) is 11.1 Å². The van der Waals surface area contributed by atoms with E-state index in [1.165, 1.54) is 0 Å². The van der Waals surface area contributed by atoms with Gasteiger partial charge in [0, 0.05) is 0 Å². The van der Waals surface area contributed by atoms with Crippen LogP contribution >= 0.6 is 12.2 Å². The second-order valence-electron chi connectivity index (χ2n) is 2.56. The molecule has 1 aromatic rings. The van der Waals surface area contributed by atoms with E-state index in [2.05, 4.69) is 0 Å². The molecule has 1 aromatic carbocycles. The minimum Gasteiger partial charge on any atom is -0.365 e. The number of primary amides is 1. The second kappa shape index (κ2) is 3.45. The van der Waals surface area contributed by atoms with Gasteiger partial charge in [-0.2, -0.15) is 0 Å². The highest BCUT2D eigenvalue weighted by molar-refractivity contribution is 7.82. The van der Waals surface area contributed by atoms with E-state index in [1.54, 1.807) is 6.07 Å². The number of rotatable bonds is 2. The van der Waals surface area contributed by atoms with Gasteiger partial charge in [-0.1, -0.05) is 42.0 Å². The molecule has 0 radical (unpaired) electrons. The Balaban J connectivity index is 3.04.